The number of nitrogens with zero attached hydrogens (tertiary/aromatic N) is 4. The lowest BCUT2D eigenvalue weighted by molar-refractivity contribution is -0.137. The van der Waals surface area contributed by atoms with Gasteiger partial charge in [-0.3, -0.25) is 9.48 Å². The summed E-state index contributed by atoms with van der Waals surface area (Å²) in [6, 6.07) is 1.47. The zero-order valence-electron chi connectivity index (χ0n) is 11.8. The topological polar surface area (TPSA) is 98.7 Å². The molecule has 2 aromatic heterocycles. The van der Waals surface area contributed by atoms with Crippen molar-refractivity contribution in [2.24, 2.45) is 12.8 Å². The first-order valence-electron chi connectivity index (χ1n) is 6.27. The quantitative estimate of drug-likeness (QED) is 0.893. The van der Waals surface area contributed by atoms with Gasteiger partial charge in [0.05, 0.1) is 0 Å². The number of nitrogens with two attached hydrogens (primary N) is 1. The summed E-state index contributed by atoms with van der Waals surface area (Å²) in [5.74, 6) is -1.59. The van der Waals surface area contributed by atoms with Crippen molar-refractivity contribution in [2.45, 2.75) is 19.5 Å². The number of amides is 1. The third-order valence-corrected chi connectivity index (χ3v) is 2.75. The molecule has 2 aromatic rings. The maximum absolute atomic E-state index is 13.3. The molecule has 0 aliphatic rings. The van der Waals surface area contributed by atoms with E-state index in [0.717, 1.165) is 0 Å². The standard InChI is InChI=1S/C12H13F3N6O/c1-3-6-17-9(10(16)22)8(12(13,14)15)11(18-6)19-7-4-5-21(2)20-7/h4-5H,3H2,1-2H3,(H2,16,22)(H,17,18,19,20). The highest BCUT2D eigenvalue weighted by Gasteiger charge is 2.40. The molecule has 0 unspecified atom stereocenters. The van der Waals surface area contributed by atoms with Gasteiger partial charge >= 0.3 is 6.18 Å². The van der Waals surface area contributed by atoms with E-state index < -0.39 is 29.2 Å². The lowest BCUT2D eigenvalue weighted by Crippen LogP contribution is -2.24. The van der Waals surface area contributed by atoms with Crippen LogP contribution in [-0.2, 0) is 19.6 Å². The van der Waals surface area contributed by atoms with Crippen LogP contribution >= 0.6 is 0 Å². The predicted octanol–water partition coefficient (Wildman–Crippen LogP) is 1.63. The Balaban J connectivity index is 2.63. The molecule has 7 nitrogen and oxygen atoms in total. The molecule has 10 heteroatoms. The fourth-order valence-corrected chi connectivity index (χ4v) is 1.81. The van der Waals surface area contributed by atoms with Crippen molar-refractivity contribution in [3.8, 4) is 0 Å². The number of aromatic nitrogens is 4. The van der Waals surface area contributed by atoms with Crippen molar-refractivity contribution in [1.29, 1.82) is 0 Å². The molecule has 1 amide bonds. The first kappa shape index (κ1) is 15.7. The Morgan fingerprint density at radius 2 is 2.09 bits per heavy atom. The van der Waals surface area contributed by atoms with E-state index in [-0.39, 0.29) is 18.1 Å². The SMILES string of the molecule is CCc1nc(Nc2ccn(C)n2)c(C(F)(F)F)c(C(N)=O)n1. The van der Waals surface area contributed by atoms with E-state index >= 15 is 0 Å². The second-order valence-electron chi connectivity index (χ2n) is 4.43. The van der Waals surface area contributed by atoms with Crippen molar-refractivity contribution >= 4 is 17.5 Å². The van der Waals surface area contributed by atoms with Crippen LogP contribution in [0.3, 0.4) is 0 Å². The summed E-state index contributed by atoms with van der Waals surface area (Å²) in [7, 11) is 1.61. The third kappa shape index (κ3) is 3.15. The Bertz CT molecular complexity index is 709. The molecule has 2 rings (SSSR count). The van der Waals surface area contributed by atoms with Gasteiger partial charge in [0.15, 0.2) is 5.82 Å². The van der Waals surface area contributed by atoms with Gasteiger partial charge in [-0.2, -0.15) is 18.3 Å². The monoisotopic (exact) mass is 314 g/mol. The normalized spacial score (nSPS) is 11.5. The molecule has 0 aliphatic heterocycles. The van der Waals surface area contributed by atoms with Crippen LogP contribution in [-0.4, -0.2) is 25.7 Å². The van der Waals surface area contributed by atoms with Gasteiger partial charge in [-0.15, -0.1) is 0 Å². The Morgan fingerprint density at radius 1 is 1.41 bits per heavy atom. The van der Waals surface area contributed by atoms with Crippen molar-refractivity contribution in [2.75, 3.05) is 5.32 Å². The molecule has 0 aliphatic carbocycles. The van der Waals surface area contributed by atoms with Gasteiger partial charge < -0.3 is 11.1 Å². The highest BCUT2D eigenvalue weighted by molar-refractivity contribution is 5.94. The number of anilines is 2. The van der Waals surface area contributed by atoms with E-state index in [2.05, 4.69) is 20.4 Å². The molecule has 0 saturated heterocycles. The molecular weight excluding hydrogens is 301 g/mol. The Hall–Kier alpha value is -2.65. The molecule has 0 radical (unpaired) electrons. The molecule has 0 aromatic carbocycles. The average molecular weight is 314 g/mol. The Morgan fingerprint density at radius 3 is 2.55 bits per heavy atom. The number of halogens is 3. The summed E-state index contributed by atoms with van der Waals surface area (Å²) in [5, 5.41) is 6.38. The van der Waals surface area contributed by atoms with Crippen LogP contribution in [0.2, 0.25) is 0 Å². The van der Waals surface area contributed by atoms with Gasteiger partial charge in [0.2, 0.25) is 0 Å². The van der Waals surface area contributed by atoms with E-state index in [9.17, 15) is 18.0 Å². The zero-order valence-corrected chi connectivity index (χ0v) is 11.8. The molecule has 22 heavy (non-hydrogen) atoms. The summed E-state index contributed by atoms with van der Waals surface area (Å²) in [6.07, 6.45) is -3.05. The smallest absolute Gasteiger partial charge is 0.364 e. The minimum absolute atomic E-state index is 0.0697. The molecule has 118 valence electrons. The van der Waals surface area contributed by atoms with Crippen molar-refractivity contribution in [3.05, 3.63) is 29.3 Å². The van der Waals surface area contributed by atoms with E-state index in [4.69, 9.17) is 5.73 Å². The molecular formula is C12H13F3N6O. The number of aryl methyl sites for hydroxylation is 2. The number of hydrogen-bond donors (Lipinski definition) is 2. The number of carbonyl (C=O) groups is 1. The minimum Gasteiger partial charge on any atom is -0.364 e. The van der Waals surface area contributed by atoms with E-state index in [1.54, 1.807) is 20.2 Å². The number of rotatable bonds is 4. The third-order valence-electron chi connectivity index (χ3n) is 2.75. The minimum atomic E-state index is -4.84. The van der Waals surface area contributed by atoms with Gasteiger partial charge in [0.1, 0.15) is 22.9 Å². The number of hydrogen-bond acceptors (Lipinski definition) is 5. The maximum atomic E-state index is 13.3. The van der Waals surface area contributed by atoms with Crippen LogP contribution in [0.1, 0.15) is 28.8 Å². The molecule has 3 N–H and O–H groups in total. The summed E-state index contributed by atoms with van der Waals surface area (Å²) in [5.41, 5.74) is 2.86. The summed E-state index contributed by atoms with van der Waals surface area (Å²) in [6.45, 7) is 1.65. The van der Waals surface area contributed by atoms with Crippen LogP contribution < -0.4 is 11.1 Å². The molecule has 0 saturated carbocycles. The van der Waals surface area contributed by atoms with Crippen LogP contribution in [0.15, 0.2) is 12.3 Å². The number of carbonyl (C=O) groups excluding carboxylic acids is 1. The van der Waals surface area contributed by atoms with Gasteiger partial charge in [-0.25, -0.2) is 9.97 Å². The second-order valence-corrected chi connectivity index (χ2v) is 4.43. The van der Waals surface area contributed by atoms with Crippen LogP contribution in [0.4, 0.5) is 24.8 Å². The van der Waals surface area contributed by atoms with Crippen molar-refractivity contribution in [3.63, 3.8) is 0 Å². The first-order chi connectivity index (χ1) is 10.2. The Kier molecular flexibility index (Phi) is 4.02. The molecule has 0 atom stereocenters. The first-order valence-corrected chi connectivity index (χ1v) is 6.27. The fourth-order valence-electron chi connectivity index (χ4n) is 1.81. The van der Waals surface area contributed by atoms with Gasteiger partial charge in [-0.05, 0) is 0 Å². The van der Waals surface area contributed by atoms with Gasteiger partial charge in [-0.1, -0.05) is 6.92 Å². The summed E-state index contributed by atoms with van der Waals surface area (Å²) >= 11 is 0. The maximum Gasteiger partial charge on any atom is 0.422 e. The van der Waals surface area contributed by atoms with E-state index in [1.807, 2.05) is 0 Å². The van der Waals surface area contributed by atoms with Crippen LogP contribution in [0, 0.1) is 0 Å². The zero-order chi connectivity index (χ0) is 16.5. The van der Waals surface area contributed by atoms with Crippen molar-refractivity contribution in [1.82, 2.24) is 19.7 Å². The van der Waals surface area contributed by atoms with Gasteiger partial charge in [0, 0.05) is 25.7 Å². The number of alkyl halides is 3. The lowest BCUT2D eigenvalue weighted by Gasteiger charge is -2.16. The second kappa shape index (κ2) is 5.62. The largest absolute Gasteiger partial charge is 0.422 e. The van der Waals surface area contributed by atoms with Crippen LogP contribution in [0.5, 0.6) is 0 Å². The number of primary amides is 1. The summed E-state index contributed by atoms with van der Waals surface area (Å²) < 4.78 is 41.2. The average Bonchev–Trinajstić information content (AvgIpc) is 2.81. The van der Waals surface area contributed by atoms with E-state index in [0.29, 0.717) is 0 Å². The number of nitrogens with one attached hydrogen (secondary N) is 1. The van der Waals surface area contributed by atoms with Crippen LogP contribution in [0.25, 0.3) is 0 Å². The molecule has 2 heterocycles. The predicted molar refractivity (Wildman–Crippen MR) is 71.4 cm³/mol. The molecule has 0 spiro atoms. The lowest BCUT2D eigenvalue weighted by atomic mass is 10.1. The fraction of sp³-hybridized carbons (Fsp3) is 0.333. The van der Waals surface area contributed by atoms with Crippen molar-refractivity contribution < 1.29 is 18.0 Å². The van der Waals surface area contributed by atoms with E-state index in [1.165, 1.54) is 10.7 Å². The Labute approximate surface area is 123 Å². The molecule has 0 fully saturated rings. The van der Waals surface area contributed by atoms with Gasteiger partial charge in [0.25, 0.3) is 5.91 Å². The highest BCUT2D eigenvalue weighted by atomic mass is 19.4. The molecule has 0 bridgehead atoms. The summed E-state index contributed by atoms with van der Waals surface area (Å²) in [4.78, 5) is 18.7. The highest BCUT2D eigenvalue weighted by Crippen LogP contribution is 2.36.